The van der Waals surface area contributed by atoms with Gasteiger partial charge in [0, 0.05) is 23.5 Å². The molecular weight excluding hydrogens is 380 g/mol. The van der Waals surface area contributed by atoms with E-state index in [1.807, 2.05) is 0 Å². The molecule has 2 heteroatoms. The number of hydrogen-bond acceptors (Lipinski definition) is 2. The van der Waals surface area contributed by atoms with Crippen molar-refractivity contribution in [2.75, 3.05) is 0 Å². The number of hydrogen-bond donors (Lipinski definition) is 0. The van der Waals surface area contributed by atoms with Crippen molar-refractivity contribution in [1.29, 1.82) is 0 Å². The number of fused-ring (bicyclic) bond motifs is 5. The number of carbonyl (C=O) groups is 1. The lowest BCUT2D eigenvalue weighted by atomic mass is 9.44. The van der Waals surface area contributed by atoms with Crippen LogP contribution in [0.1, 0.15) is 77.7 Å². The van der Waals surface area contributed by atoms with Crippen molar-refractivity contribution >= 4 is 5.97 Å². The summed E-state index contributed by atoms with van der Waals surface area (Å²) in [7, 11) is 0. The summed E-state index contributed by atoms with van der Waals surface area (Å²) in [6, 6.07) is 10.4. The van der Waals surface area contributed by atoms with Crippen LogP contribution in [0.3, 0.4) is 0 Å². The van der Waals surface area contributed by atoms with E-state index in [9.17, 15) is 4.79 Å². The van der Waals surface area contributed by atoms with Crippen LogP contribution >= 0.6 is 0 Å². The van der Waals surface area contributed by atoms with Gasteiger partial charge in [0.05, 0.1) is 0 Å². The normalized spacial score (nSPS) is 41.0. The van der Waals surface area contributed by atoms with Crippen molar-refractivity contribution in [2.24, 2.45) is 34.5 Å². The lowest BCUT2D eigenvalue weighted by molar-refractivity contribution is -0.158. The Kier molecular flexibility index (Phi) is 5.28. The molecule has 0 heterocycles. The lowest BCUT2D eigenvalue weighted by Crippen LogP contribution is -2.53. The van der Waals surface area contributed by atoms with E-state index in [-0.39, 0.29) is 17.5 Å². The van der Waals surface area contributed by atoms with Crippen LogP contribution in [0.15, 0.2) is 42.0 Å². The van der Waals surface area contributed by atoms with Gasteiger partial charge in [0.15, 0.2) is 0 Å². The van der Waals surface area contributed by atoms with Crippen LogP contribution in [0.4, 0.5) is 0 Å². The van der Waals surface area contributed by atoms with Crippen molar-refractivity contribution in [3.05, 3.63) is 47.5 Å². The van der Waals surface area contributed by atoms with Gasteiger partial charge in [-0.2, -0.15) is 0 Å². The third-order valence-electron chi connectivity index (χ3n) is 9.65. The Morgan fingerprint density at radius 3 is 2.58 bits per heavy atom. The summed E-state index contributed by atoms with van der Waals surface area (Å²) in [5.74, 6) is 9.99. The fourth-order valence-corrected chi connectivity index (χ4v) is 7.98. The van der Waals surface area contributed by atoms with Gasteiger partial charge in [0.1, 0.15) is 6.10 Å². The van der Waals surface area contributed by atoms with Crippen LogP contribution in [0.25, 0.3) is 0 Å². The Bertz CT molecular complexity index is 934. The molecule has 4 aliphatic rings. The molecule has 1 aromatic carbocycles. The van der Waals surface area contributed by atoms with Crippen molar-refractivity contribution in [3.63, 3.8) is 0 Å². The summed E-state index contributed by atoms with van der Waals surface area (Å²) in [5, 5.41) is 0. The lowest BCUT2D eigenvalue weighted by Gasteiger charge is -2.60. The van der Waals surface area contributed by atoms with E-state index in [0.29, 0.717) is 11.3 Å². The molecule has 0 spiro atoms. The second-order valence-electron chi connectivity index (χ2n) is 11.1. The molecule has 2 nitrogen and oxygen atoms in total. The van der Waals surface area contributed by atoms with Gasteiger partial charge in [0.2, 0.25) is 0 Å². The molecule has 0 bridgehead atoms. The Balaban J connectivity index is 1.33. The van der Waals surface area contributed by atoms with Gasteiger partial charge in [-0.3, -0.25) is 4.79 Å². The molecule has 3 saturated carbocycles. The predicted octanol–water partition coefficient (Wildman–Crippen LogP) is 6.55. The number of esters is 1. The van der Waals surface area contributed by atoms with E-state index < -0.39 is 0 Å². The third kappa shape index (κ3) is 3.55. The van der Waals surface area contributed by atoms with Crippen molar-refractivity contribution < 1.29 is 9.53 Å². The van der Waals surface area contributed by atoms with Crippen molar-refractivity contribution in [1.82, 2.24) is 0 Å². The SMILES string of the molecule is CC(=O)O[C@H]1CC[C@]2(C)[C@H](CC[C@@H]3[C@H]4CC=C(C#Cc5ccccc5)[C@@]4(C)CC[C@@H]32)C1. The summed E-state index contributed by atoms with van der Waals surface area (Å²) in [6.07, 6.45) is 12.4. The van der Waals surface area contributed by atoms with Gasteiger partial charge in [-0.05, 0) is 92.6 Å². The molecule has 0 saturated heterocycles. The average molecular weight is 417 g/mol. The van der Waals surface area contributed by atoms with E-state index in [0.717, 1.165) is 36.2 Å². The predicted molar refractivity (Wildman–Crippen MR) is 124 cm³/mol. The zero-order valence-electron chi connectivity index (χ0n) is 19.3. The fraction of sp³-hybridized carbons (Fsp3) is 0.621. The zero-order valence-corrected chi connectivity index (χ0v) is 19.3. The minimum Gasteiger partial charge on any atom is -0.463 e. The molecule has 0 aliphatic heterocycles. The molecule has 0 unspecified atom stereocenters. The first-order valence-corrected chi connectivity index (χ1v) is 12.3. The molecule has 31 heavy (non-hydrogen) atoms. The molecule has 164 valence electrons. The highest BCUT2D eigenvalue weighted by atomic mass is 16.5. The zero-order chi connectivity index (χ0) is 21.6. The Hall–Kier alpha value is -2.01. The van der Waals surface area contributed by atoms with Gasteiger partial charge in [-0.1, -0.05) is 50.0 Å². The number of ether oxygens (including phenoxy) is 1. The van der Waals surface area contributed by atoms with Crippen LogP contribution in [-0.2, 0) is 9.53 Å². The summed E-state index contributed by atoms with van der Waals surface area (Å²) >= 11 is 0. The molecule has 0 aromatic heterocycles. The summed E-state index contributed by atoms with van der Waals surface area (Å²) in [6.45, 7) is 6.62. The second-order valence-corrected chi connectivity index (χ2v) is 11.1. The van der Waals surface area contributed by atoms with Crippen LogP contribution in [-0.4, -0.2) is 12.1 Å². The van der Waals surface area contributed by atoms with Crippen LogP contribution in [0.5, 0.6) is 0 Å². The Morgan fingerprint density at radius 1 is 1.00 bits per heavy atom. The quantitative estimate of drug-likeness (QED) is 0.383. The highest BCUT2D eigenvalue weighted by molar-refractivity contribution is 5.66. The van der Waals surface area contributed by atoms with Crippen LogP contribution in [0, 0.1) is 46.3 Å². The number of carbonyl (C=O) groups excluding carboxylic acids is 1. The van der Waals surface area contributed by atoms with E-state index >= 15 is 0 Å². The van der Waals surface area contributed by atoms with Gasteiger partial charge < -0.3 is 4.74 Å². The van der Waals surface area contributed by atoms with Gasteiger partial charge in [0.25, 0.3) is 0 Å². The Morgan fingerprint density at radius 2 is 1.81 bits per heavy atom. The molecule has 1 aromatic rings. The minimum atomic E-state index is -0.114. The topological polar surface area (TPSA) is 26.3 Å². The van der Waals surface area contributed by atoms with E-state index in [2.05, 4.69) is 62.1 Å². The number of rotatable bonds is 1. The molecular formula is C29H36O2. The van der Waals surface area contributed by atoms with E-state index in [4.69, 9.17) is 4.74 Å². The molecule has 4 aliphatic carbocycles. The maximum Gasteiger partial charge on any atom is 0.302 e. The minimum absolute atomic E-state index is 0.114. The molecule has 5 rings (SSSR count). The van der Waals surface area contributed by atoms with Crippen molar-refractivity contribution in [2.45, 2.75) is 78.2 Å². The highest BCUT2D eigenvalue weighted by Crippen LogP contribution is 2.66. The summed E-state index contributed by atoms with van der Waals surface area (Å²) in [5.41, 5.74) is 3.17. The first kappa shape index (κ1) is 20.9. The largest absolute Gasteiger partial charge is 0.463 e. The first-order chi connectivity index (χ1) is 14.9. The maximum absolute atomic E-state index is 11.5. The first-order valence-electron chi connectivity index (χ1n) is 12.3. The Labute approximate surface area is 187 Å². The standard InChI is InChI=1S/C29H36O2/c1-20(30)31-24-15-17-29(3)23(19-24)11-13-25-26-14-12-22(28(26,2)18-16-27(25)29)10-9-21-7-5-4-6-8-21/h4-8,12,23-27H,11,13-19H2,1-3H3/t23-,24+,25-,26-,27+,28-,29-/m1/s1. The monoisotopic (exact) mass is 416 g/mol. The van der Waals surface area contributed by atoms with Crippen molar-refractivity contribution in [3.8, 4) is 11.8 Å². The maximum atomic E-state index is 11.5. The van der Waals surface area contributed by atoms with Gasteiger partial charge in [-0.25, -0.2) is 0 Å². The molecule has 0 radical (unpaired) electrons. The van der Waals surface area contributed by atoms with Crippen LogP contribution in [0.2, 0.25) is 0 Å². The van der Waals surface area contributed by atoms with E-state index in [1.165, 1.54) is 44.1 Å². The second kappa shape index (κ2) is 7.84. The third-order valence-corrected chi connectivity index (χ3v) is 9.65. The number of benzene rings is 1. The van der Waals surface area contributed by atoms with Gasteiger partial charge in [-0.15, -0.1) is 0 Å². The number of allylic oxidation sites excluding steroid dienone is 2. The molecule has 7 atom stereocenters. The summed E-state index contributed by atoms with van der Waals surface area (Å²) < 4.78 is 5.62. The summed E-state index contributed by atoms with van der Waals surface area (Å²) in [4.78, 5) is 11.5. The smallest absolute Gasteiger partial charge is 0.302 e. The van der Waals surface area contributed by atoms with Gasteiger partial charge >= 0.3 is 5.97 Å². The average Bonchev–Trinajstić information content (AvgIpc) is 3.09. The molecule has 0 amide bonds. The highest BCUT2D eigenvalue weighted by Gasteiger charge is 2.58. The molecule has 0 N–H and O–H groups in total. The molecule has 3 fully saturated rings. The van der Waals surface area contributed by atoms with Crippen LogP contribution < -0.4 is 0 Å². The van der Waals surface area contributed by atoms with E-state index in [1.54, 1.807) is 6.92 Å². The fourth-order valence-electron chi connectivity index (χ4n) is 7.98.